The number of thiazole rings is 1. The maximum atomic E-state index is 13.3. The number of fused-ring (bicyclic) bond motifs is 1. The highest BCUT2D eigenvalue weighted by Crippen LogP contribution is 2.29. The number of piperidine rings is 1. The first-order valence-corrected chi connectivity index (χ1v) is 7.98. The number of rotatable bonds is 6. The van der Waals surface area contributed by atoms with Gasteiger partial charge in [0.05, 0.1) is 6.86 Å². The minimum absolute atomic E-state index is 0.0984. The molecule has 0 saturated carbocycles. The van der Waals surface area contributed by atoms with Crippen molar-refractivity contribution in [2.75, 3.05) is 26.0 Å². The fraction of sp³-hybridized carbons (Fsp3) is 0.611. The number of nitrogens with zero attached hydrogens (tertiary/aromatic N) is 3. The Morgan fingerprint density at radius 2 is 2.62 bits per heavy atom. The van der Waals surface area contributed by atoms with Crippen LogP contribution in [-0.2, 0) is 6.50 Å². The van der Waals surface area contributed by atoms with E-state index in [0.29, 0.717) is 18.3 Å². The van der Waals surface area contributed by atoms with Gasteiger partial charge in [-0.05, 0) is 44.9 Å². The van der Waals surface area contributed by atoms with Gasteiger partial charge < -0.3 is 15.3 Å². The molecule has 1 fully saturated rings. The molecule has 2 N–H and O–H groups in total. The first-order valence-electron chi connectivity index (χ1n) is 16.3. The first kappa shape index (κ1) is 6.60. The summed E-state index contributed by atoms with van der Waals surface area (Å²) in [6, 6.07) is 0. The summed E-state index contributed by atoms with van der Waals surface area (Å²) in [6.45, 7) is -18.2. The lowest BCUT2D eigenvalue weighted by atomic mass is 10.0. The van der Waals surface area contributed by atoms with Gasteiger partial charge in [-0.25, -0.2) is 4.98 Å². The molecule has 0 radical (unpaired) electrons. The van der Waals surface area contributed by atoms with Gasteiger partial charge in [0.15, 0.2) is 12.8 Å². The zero-order chi connectivity index (χ0) is 34.5. The second-order valence-electron chi connectivity index (χ2n) is 4.94. The maximum Gasteiger partial charge on any atom is 0.268 e. The monoisotopic (exact) mass is 396 g/mol. The van der Waals surface area contributed by atoms with E-state index in [9.17, 15) is 14.7 Å². The maximum absolute atomic E-state index is 13.3. The third-order valence-corrected chi connectivity index (χ3v) is 3.99. The number of carbonyl (C=O) groups excluding carboxylic acids is 1. The van der Waals surface area contributed by atoms with Crippen molar-refractivity contribution in [2.45, 2.75) is 39.4 Å². The van der Waals surface area contributed by atoms with Crippen molar-refractivity contribution in [3.05, 3.63) is 21.4 Å². The zero-order valence-electron chi connectivity index (χ0n) is 31.3. The van der Waals surface area contributed by atoms with Crippen molar-refractivity contribution < 1.29 is 34.6 Å². The first-order chi connectivity index (χ1) is 19.4. The Balaban J connectivity index is 2.08. The molecule has 3 atom stereocenters. The van der Waals surface area contributed by atoms with Crippen molar-refractivity contribution >= 4 is 27.6 Å². The Morgan fingerprint density at radius 3 is 3.42 bits per heavy atom. The van der Waals surface area contributed by atoms with Crippen molar-refractivity contribution in [1.29, 1.82) is 0 Å². The molecule has 26 heavy (non-hydrogen) atoms. The number of pyridine rings is 1. The van der Waals surface area contributed by atoms with Crippen LogP contribution in [0.1, 0.15) is 66.6 Å². The topological polar surface area (TPSA) is 87.5 Å². The summed E-state index contributed by atoms with van der Waals surface area (Å²) in [5.41, 5.74) is -4.63. The van der Waals surface area contributed by atoms with Gasteiger partial charge in [-0.3, -0.25) is 14.2 Å². The van der Waals surface area contributed by atoms with E-state index < -0.39 is 103 Å². The lowest BCUT2D eigenvalue weighted by Crippen LogP contribution is -2.37. The van der Waals surface area contributed by atoms with Crippen LogP contribution in [0.3, 0.4) is 0 Å². The molecular weight excluding hydrogens is 352 g/mol. The number of likely N-dealkylation sites (tertiary alicyclic amines) is 1. The molecule has 3 heterocycles. The molecule has 8 heteroatoms. The van der Waals surface area contributed by atoms with Crippen LogP contribution in [0, 0.1) is 5.89 Å². The van der Waals surface area contributed by atoms with Gasteiger partial charge in [-0.15, -0.1) is 11.3 Å². The van der Waals surface area contributed by atoms with Gasteiger partial charge in [0, 0.05) is 41.4 Å². The smallest absolute Gasteiger partial charge is 0.268 e. The third-order valence-electron chi connectivity index (χ3n) is 3.23. The summed E-state index contributed by atoms with van der Waals surface area (Å²) in [4.78, 5) is 30.0. The van der Waals surface area contributed by atoms with Crippen molar-refractivity contribution in [2.24, 2.45) is 5.89 Å². The van der Waals surface area contributed by atoms with Crippen LogP contribution in [0.4, 0.5) is 0 Å². The Labute approximate surface area is 182 Å². The second-order valence-corrected chi connectivity index (χ2v) is 5.73. The lowest BCUT2D eigenvalue weighted by Gasteiger charge is -2.30. The minimum Gasteiger partial charge on any atom is -0.505 e. The SMILES string of the molecule is [2H]c1nc2c(s1)c(O)c(C(=O)N([2H])C([2H])CC([2H])N1C([2H])([2H])C([2H])([2H])C([2H])([2H])C([2H])(C)C1([2H])[2H])c(=O)n2C([2H])([2H])C([2H])([2H])[2H]. The standard InChI is InChI=1S/C18H26N4O3S/c1-3-22-16-15(26-11-20-16)14(23)13(18(22)25)17(24)19-7-5-9-21-8-4-6-12(2)10-21/h11-12,23H,3-10H2,1-2H3,(H,19,24)/i1D3,3D2,4D2,6D2,7D,8D2,9D,10D2,11D,12D/hD. The summed E-state index contributed by atoms with van der Waals surface area (Å²) < 4.78 is 144. The third kappa shape index (κ3) is 3.76. The van der Waals surface area contributed by atoms with Crippen molar-refractivity contribution in [3.63, 3.8) is 0 Å². The van der Waals surface area contributed by atoms with E-state index >= 15 is 0 Å². The van der Waals surface area contributed by atoms with Gasteiger partial charge in [-0.1, -0.05) is 6.92 Å². The molecule has 3 rings (SSSR count). The van der Waals surface area contributed by atoms with Gasteiger partial charge >= 0.3 is 0 Å². The molecule has 0 aliphatic carbocycles. The highest BCUT2D eigenvalue weighted by Gasteiger charge is 2.23. The largest absolute Gasteiger partial charge is 0.505 e. The predicted octanol–water partition coefficient (Wildman–Crippen LogP) is 2.04. The number of hydrogen-bond donors (Lipinski definition) is 2. The normalized spacial score (nSPS) is 42.5. The van der Waals surface area contributed by atoms with Crippen molar-refractivity contribution in [1.82, 2.24) is 19.8 Å². The van der Waals surface area contributed by atoms with Gasteiger partial charge in [0.1, 0.15) is 10.3 Å². The van der Waals surface area contributed by atoms with Crippen LogP contribution in [-0.4, -0.2) is 51.5 Å². The number of aromatic hydroxyl groups is 1. The van der Waals surface area contributed by atoms with E-state index in [1.54, 1.807) is 0 Å². The van der Waals surface area contributed by atoms with E-state index in [-0.39, 0.29) is 14.8 Å². The Morgan fingerprint density at radius 1 is 1.77 bits per heavy atom. The minimum atomic E-state index is -3.62. The summed E-state index contributed by atoms with van der Waals surface area (Å²) in [6.07, 6.45) is -8.24. The number of aromatic nitrogens is 2. The molecule has 1 aliphatic heterocycles. The molecule has 2 aromatic rings. The average Bonchev–Trinajstić information content (AvgIpc) is 3.22. The number of carbonyl (C=O) groups is 1. The molecule has 2 aromatic heterocycles. The summed E-state index contributed by atoms with van der Waals surface area (Å²) >= 11 is 0.321. The van der Waals surface area contributed by atoms with Crippen LogP contribution in [0.2, 0.25) is 1.41 Å². The lowest BCUT2D eigenvalue weighted by molar-refractivity contribution is 0.0945. The van der Waals surface area contributed by atoms with E-state index in [0.717, 1.165) is 0 Å². The highest BCUT2D eigenvalue weighted by molar-refractivity contribution is 7.17. The quantitative estimate of drug-likeness (QED) is 0.780. The zero-order valence-corrected chi connectivity index (χ0v) is 14.1. The Bertz CT molecular complexity index is 1510. The molecule has 0 bridgehead atoms. The van der Waals surface area contributed by atoms with Crippen LogP contribution < -0.4 is 10.9 Å². The fourth-order valence-electron chi connectivity index (χ4n) is 2.10. The van der Waals surface area contributed by atoms with Gasteiger partial charge in [-0.2, -0.15) is 0 Å². The molecule has 1 saturated heterocycles. The van der Waals surface area contributed by atoms with E-state index in [1.165, 1.54) is 0 Å². The molecule has 0 aromatic carbocycles. The molecular formula is C18H26N4O3S. The average molecular weight is 397 g/mol. The van der Waals surface area contributed by atoms with Crippen LogP contribution in [0.15, 0.2) is 10.3 Å². The fourth-order valence-corrected chi connectivity index (χ4v) is 2.75. The van der Waals surface area contributed by atoms with Gasteiger partial charge in [0.25, 0.3) is 11.5 Å². The molecule has 1 amide bonds. The molecule has 142 valence electrons. The van der Waals surface area contributed by atoms with Crippen LogP contribution in [0.25, 0.3) is 10.3 Å². The van der Waals surface area contributed by atoms with E-state index in [1.807, 2.05) is 0 Å². The second kappa shape index (κ2) is 8.18. The molecule has 3 unspecified atom stereocenters. The highest BCUT2D eigenvalue weighted by atomic mass is 32.1. The van der Waals surface area contributed by atoms with E-state index in [2.05, 4.69) is 4.98 Å². The summed E-state index contributed by atoms with van der Waals surface area (Å²) in [5.74, 6) is -6.10. The summed E-state index contributed by atoms with van der Waals surface area (Å²) in [7, 11) is 0. The molecule has 0 spiro atoms. The number of aryl methyl sites for hydroxylation is 1. The van der Waals surface area contributed by atoms with Crippen LogP contribution in [0.5, 0.6) is 5.75 Å². The Kier molecular flexibility index (Phi) is 2.07. The van der Waals surface area contributed by atoms with Gasteiger partial charge in [0.2, 0.25) is 0 Å². The van der Waals surface area contributed by atoms with E-state index in [4.69, 9.17) is 24.7 Å². The predicted molar refractivity (Wildman–Crippen MR) is 103 cm³/mol. The summed E-state index contributed by atoms with van der Waals surface area (Å²) in [5, 5.41) is 10.4. The molecule has 7 nitrogen and oxygen atoms in total. The van der Waals surface area contributed by atoms with Crippen molar-refractivity contribution in [3.8, 4) is 5.75 Å². The number of hydrogen-bond acceptors (Lipinski definition) is 6. The Hall–Kier alpha value is -1.93. The number of nitrogens with one attached hydrogen (secondary N) is 1. The number of amides is 1. The molecule has 1 aliphatic rings. The van der Waals surface area contributed by atoms with Crippen LogP contribution >= 0.6 is 11.3 Å².